The average molecular weight is 503 g/mol. The van der Waals surface area contributed by atoms with Gasteiger partial charge in [-0.15, -0.1) is 0 Å². The molecule has 0 saturated carbocycles. The van der Waals surface area contributed by atoms with Crippen LogP contribution in [0.2, 0.25) is 0 Å². The third-order valence-corrected chi connectivity index (χ3v) is 6.45. The van der Waals surface area contributed by atoms with Crippen LogP contribution in [0.5, 0.6) is 0 Å². The van der Waals surface area contributed by atoms with Gasteiger partial charge >= 0.3 is 6.09 Å². The van der Waals surface area contributed by atoms with Crippen LogP contribution in [0.3, 0.4) is 0 Å². The van der Waals surface area contributed by atoms with Crippen LogP contribution in [-0.2, 0) is 4.74 Å². The number of amides is 1. The third-order valence-electron chi connectivity index (χ3n) is 6.45. The van der Waals surface area contributed by atoms with E-state index in [1.54, 1.807) is 23.3 Å². The fraction of sp³-hybridized carbons (Fsp3) is 0.310. The van der Waals surface area contributed by atoms with Gasteiger partial charge in [-0.3, -0.25) is 10.00 Å². The number of aromatic amines is 1. The summed E-state index contributed by atoms with van der Waals surface area (Å²) in [7, 11) is 0. The minimum Gasteiger partial charge on any atom is -0.463 e. The summed E-state index contributed by atoms with van der Waals surface area (Å²) in [5.74, 6) is 0.438. The van der Waals surface area contributed by atoms with Gasteiger partial charge in [0.05, 0.1) is 12.3 Å². The first-order valence-corrected chi connectivity index (χ1v) is 12.4. The van der Waals surface area contributed by atoms with Gasteiger partial charge in [-0.2, -0.15) is 5.10 Å². The van der Waals surface area contributed by atoms with Gasteiger partial charge in [-0.05, 0) is 61.7 Å². The number of benzene rings is 2. The normalized spacial score (nSPS) is 15.5. The van der Waals surface area contributed by atoms with Crippen LogP contribution in [0.4, 0.5) is 9.18 Å². The van der Waals surface area contributed by atoms with Crippen LogP contribution in [0.1, 0.15) is 37.9 Å². The standard InChI is InChI=1S/C29H31FN4O3/c1-29(2,3)37-28(35)34-16-14-33(15-17-34)27(24-19-31-32-26(24)25-5-4-18-36-25)22-8-6-20(7-9-22)21-10-12-23(30)13-11-21/h4-13,18-19,27H,14-17H2,1-3H3,(H,31,32). The predicted octanol–water partition coefficient (Wildman–Crippen LogP) is 6.12. The molecule has 5 rings (SSSR count). The second kappa shape index (κ2) is 10.2. The first kappa shape index (κ1) is 24.8. The molecule has 1 amide bonds. The summed E-state index contributed by atoms with van der Waals surface area (Å²) >= 11 is 0. The zero-order valence-electron chi connectivity index (χ0n) is 21.3. The molecule has 0 bridgehead atoms. The summed E-state index contributed by atoms with van der Waals surface area (Å²) in [6.45, 7) is 8.10. The zero-order chi connectivity index (χ0) is 26.0. The number of hydrogen-bond acceptors (Lipinski definition) is 5. The number of furan rings is 1. The van der Waals surface area contributed by atoms with Crippen LogP contribution in [0, 0.1) is 5.82 Å². The summed E-state index contributed by atoms with van der Waals surface area (Å²) in [4.78, 5) is 16.7. The number of carbonyl (C=O) groups excluding carboxylic acids is 1. The molecule has 1 aliphatic heterocycles. The Morgan fingerprint density at radius 2 is 1.65 bits per heavy atom. The SMILES string of the molecule is CC(C)(C)OC(=O)N1CCN(C(c2ccc(-c3ccc(F)cc3)cc2)c2c[nH]nc2-c2ccco2)CC1. The minimum absolute atomic E-state index is 0.109. The highest BCUT2D eigenvalue weighted by Gasteiger charge is 2.32. The van der Waals surface area contributed by atoms with Crippen molar-refractivity contribution in [2.24, 2.45) is 0 Å². The number of nitrogens with one attached hydrogen (secondary N) is 1. The van der Waals surface area contributed by atoms with Gasteiger partial charge in [-0.25, -0.2) is 9.18 Å². The molecule has 3 heterocycles. The van der Waals surface area contributed by atoms with E-state index in [-0.39, 0.29) is 18.0 Å². The molecule has 1 fully saturated rings. The van der Waals surface area contributed by atoms with Crippen molar-refractivity contribution < 1.29 is 18.3 Å². The molecule has 1 N–H and O–H groups in total. The number of ether oxygens (including phenoxy) is 1. The fourth-order valence-corrected chi connectivity index (χ4v) is 4.69. The number of carbonyl (C=O) groups is 1. The Morgan fingerprint density at radius 3 is 2.24 bits per heavy atom. The van der Waals surface area contributed by atoms with E-state index in [1.165, 1.54) is 12.1 Å². The van der Waals surface area contributed by atoms with E-state index >= 15 is 0 Å². The van der Waals surface area contributed by atoms with Crippen molar-refractivity contribution in [3.05, 3.63) is 90.1 Å². The Bertz CT molecular complexity index is 1320. The van der Waals surface area contributed by atoms with Crippen molar-refractivity contribution in [2.75, 3.05) is 26.2 Å². The molecule has 37 heavy (non-hydrogen) atoms. The number of hydrogen-bond donors (Lipinski definition) is 1. The van der Waals surface area contributed by atoms with Gasteiger partial charge in [0.1, 0.15) is 17.1 Å². The molecule has 0 radical (unpaired) electrons. The summed E-state index contributed by atoms with van der Waals surface area (Å²) in [6.07, 6.45) is 3.27. The molecule has 2 aromatic carbocycles. The third kappa shape index (κ3) is 5.59. The van der Waals surface area contributed by atoms with E-state index in [4.69, 9.17) is 9.15 Å². The van der Waals surface area contributed by atoms with Gasteiger partial charge in [0.25, 0.3) is 0 Å². The zero-order valence-corrected chi connectivity index (χ0v) is 21.3. The highest BCUT2D eigenvalue weighted by Crippen LogP contribution is 2.36. The van der Waals surface area contributed by atoms with Crippen LogP contribution >= 0.6 is 0 Å². The number of rotatable bonds is 5. The van der Waals surface area contributed by atoms with Crippen molar-refractivity contribution in [1.82, 2.24) is 20.0 Å². The van der Waals surface area contributed by atoms with Crippen LogP contribution in [-0.4, -0.2) is 57.9 Å². The van der Waals surface area contributed by atoms with Crippen molar-refractivity contribution in [1.29, 1.82) is 0 Å². The molecule has 1 unspecified atom stereocenters. The smallest absolute Gasteiger partial charge is 0.410 e. The van der Waals surface area contributed by atoms with Crippen molar-refractivity contribution in [2.45, 2.75) is 32.4 Å². The molecule has 1 saturated heterocycles. The van der Waals surface area contributed by atoms with E-state index < -0.39 is 5.60 Å². The van der Waals surface area contributed by atoms with E-state index in [2.05, 4.69) is 39.4 Å². The molecule has 8 heteroatoms. The van der Waals surface area contributed by atoms with Crippen LogP contribution < -0.4 is 0 Å². The second-order valence-corrected chi connectivity index (χ2v) is 10.2. The monoisotopic (exact) mass is 502 g/mol. The lowest BCUT2D eigenvalue weighted by atomic mass is 9.94. The average Bonchev–Trinajstić information content (AvgIpc) is 3.57. The number of nitrogens with zero attached hydrogens (tertiary/aromatic N) is 3. The summed E-state index contributed by atoms with van der Waals surface area (Å²) in [5, 5.41) is 7.51. The Morgan fingerprint density at radius 1 is 1.00 bits per heavy atom. The van der Waals surface area contributed by atoms with Crippen molar-refractivity contribution in [3.8, 4) is 22.6 Å². The maximum Gasteiger partial charge on any atom is 0.410 e. The fourth-order valence-electron chi connectivity index (χ4n) is 4.69. The van der Waals surface area contributed by atoms with E-state index in [9.17, 15) is 9.18 Å². The Hall–Kier alpha value is -3.91. The quantitative estimate of drug-likeness (QED) is 0.356. The number of halogens is 1. The van der Waals surface area contributed by atoms with Gasteiger partial charge in [-0.1, -0.05) is 36.4 Å². The Labute approximate surface area is 215 Å². The van der Waals surface area contributed by atoms with Crippen molar-refractivity contribution in [3.63, 3.8) is 0 Å². The molecular weight excluding hydrogens is 471 g/mol. The summed E-state index contributed by atoms with van der Waals surface area (Å²) < 4.78 is 24.6. The largest absolute Gasteiger partial charge is 0.463 e. The number of H-pyrrole nitrogens is 1. The predicted molar refractivity (Wildman–Crippen MR) is 139 cm³/mol. The number of piperazine rings is 1. The van der Waals surface area contributed by atoms with Gasteiger partial charge in [0.2, 0.25) is 0 Å². The maximum atomic E-state index is 13.4. The van der Waals surface area contributed by atoms with E-state index in [0.717, 1.165) is 27.9 Å². The lowest BCUT2D eigenvalue weighted by molar-refractivity contribution is 0.0119. The second-order valence-electron chi connectivity index (χ2n) is 10.2. The molecule has 192 valence electrons. The summed E-state index contributed by atoms with van der Waals surface area (Å²) in [6, 6.07) is 18.4. The highest BCUT2D eigenvalue weighted by atomic mass is 19.1. The highest BCUT2D eigenvalue weighted by molar-refractivity contribution is 5.68. The first-order valence-electron chi connectivity index (χ1n) is 12.4. The van der Waals surface area contributed by atoms with Gasteiger partial charge in [0, 0.05) is 37.9 Å². The lowest BCUT2D eigenvalue weighted by Crippen LogP contribution is -2.51. The van der Waals surface area contributed by atoms with E-state index in [0.29, 0.717) is 31.9 Å². The van der Waals surface area contributed by atoms with Gasteiger partial charge < -0.3 is 14.1 Å². The molecule has 7 nitrogen and oxygen atoms in total. The first-order chi connectivity index (χ1) is 17.8. The molecule has 1 aliphatic rings. The maximum absolute atomic E-state index is 13.4. The molecule has 0 spiro atoms. The molecule has 2 aromatic heterocycles. The van der Waals surface area contributed by atoms with Crippen LogP contribution in [0.25, 0.3) is 22.6 Å². The lowest BCUT2D eigenvalue weighted by Gasteiger charge is -2.39. The number of aromatic nitrogens is 2. The topological polar surface area (TPSA) is 74.6 Å². The molecule has 0 aliphatic carbocycles. The molecular formula is C29H31FN4O3. The molecule has 4 aromatic rings. The van der Waals surface area contributed by atoms with Crippen molar-refractivity contribution >= 4 is 6.09 Å². The summed E-state index contributed by atoms with van der Waals surface area (Å²) in [5.41, 5.74) is 4.27. The Balaban J connectivity index is 1.43. The van der Waals surface area contributed by atoms with Gasteiger partial charge in [0.15, 0.2) is 5.76 Å². The molecule has 1 atom stereocenters. The Kier molecular flexibility index (Phi) is 6.84. The minimum atomic E-state index is -0.530. The van der Waals surface area contributed by atoms with E-state index in [1.807, 2.05) is 39.1 Å². The van der Waals surface area contributed by atoms with Crippen LogP contribution in [0.15, 0.2) is 77.5 Å².